The predicted octanol–water partition coefficient (Wildman–Crippen LogP) is 1.82. The minimum Gasteiger partial charge on any atom is -0.392 e. The van der Waals surface area contributed by atoms with Gasteiger partial charge in [-0.1, -0.05) is 25.7 Å². The zero-order chi connectivity index (χ0) is 12.8. The van der Waals surface area contributed by atoms with E-state index in [4.69, 9.17) is 5.11 Å². The van der Waals surface area contributed by atoms with E-state index in [-0.39, 0.29) is 12.5 Å². The molecule has 1 aliphatic carbocycles. The van der Waals surface area contributed by atoms with Crippen LogP contribution >= 0.6 is 0 Å². The lowest BCUT2D eigenvalue weighted by Gasteiger charge is -2.16. The highest BCUT2D eigenvalue weighted by molar-refractivity contribution is 5.76. The Morgan fingerprint density at radius 2 is 2.06 bits per heavy atom. The van der Waals surface area contributed by atoms with Gasteiger partial charge in [0.1, 0.15) is 6.54 Å². The second kappa shape index (κ2) is 6.59. The average Bonchev–Trinajstić information content (AvgIpc) is 2.65. The van der Waals surface area contributed by atoms with Crippen molar-refractivity contribution in [3.63, 3.8) is 0 Å². The van der Waals surface area contributed by atoms with Gasteiger partial charge in [-0.05, 0) is 24.5 Å². The zero-order valence-corrected chi connectivity index (χ0v) is 10.8. The molecule has 0 aromatic carbocycles. The summed E-state index contributed by atoms with van der Waals surface area (Å²) < 4.78 is 1.82. The summed E-state index contributed by atoms with van der Waals surface area (Å²) in [6.07, 6.45) is 10.9. The van der Waals surface area contributed by atoms with Crippen LogP contribution < -0.4 is 5.32 Å². The molecule has 0 radical (unpaired) electrons. The first-order valence-corrected chi connectivity index (χ1v) is 6.83. The Balaban J connectivity index is 1.80. The smallest absolute Gasteiger partial charge is 0.240 e. The van der Waals surface area contributed by atoms with Gasteiger partial charge in [0.15, 0.2) is 0 Å². The Morgan fingerprint density at radius 1 is 1.33 bits per heavy atom. The summed E-state index contributed by atoms with van der Waals surface area (Å²) in [5.41, 5.74) is 0.845. The molecule has 4 nitrogen and oxygen atoms in total. The van der Waals surface area contributed by atoms with Crippen LogP contribution in [0.25, 0.3) is 0 Å². The molecule has 0 bridgehead atoms. The topological polar surface area (TPSA) is 54.3 Å². The number of rotatable bonds is 4. The maximum Gasteiger partial charge on any atom is 0.240 e. The van der Waals surface area contributed by atoms with Gasteiger partial charge < -0.3 is 15.0 Å². The molecule has 18 heavy (non-hydrogen) atoms. The summed E-state index contributed by atoms with van der Waals surface area (Å²) in [5.74, 6) is 0.0713. The lowest BCUT2D eigenvalue weighted by molar-refractivity contribution is -0.122. The number of aromatic nitrogens is 1. The number of carbonyl (C=O) groups excluding carboxylic acids is 1. The summed E-state index contributed by atoms with van der Waals surface area (Å²) in [7, 11) is 0. The van der Waals surface area contributed by atoms with Crippen LogP contribution in [-0.4, -0.2) is 21.6 Å². The molecule has 1 amide bonds. The van der Waals surface area contributed by atoms with Gasteiger partial charge in [0.2, 0.25) is 5.91 Å². The molecule has 0 spiro atoms. The highest BCUT2D eigenvalue weighted by atomic mass is 16.3. The summed E-state index contributed by atoms with van der Waals surface area (Å²) >= 11 is 0. The van der Waals surface area contributed by atoms with Gasteiger partial charge in [0, 0.05) is 18.4 Å². The predicted molar refractivity (Wildman–Crippen MR) is 70.0 cm³/mol. The van der Waals surface area contributed by atoms with Crippen LogP contribution in [0.1, 0.15) is 44.1 Å². The van der Waals surface area contributed by atoms with Crippen molar-refractivity contribution >= 4 is 5.91 Å². The number of hydrogen-bond acceptors (Lipinski definition) is 2. The first-order valence-electron chi connectivity index (χ1n) is 6.83. The SMILES string of the molecule is O=C(Cn1ccc(CO)c1)NC1CCCCCC1. The highest BCUT2D eigenvalue weighted by Gasteiger charge is 2.14. The fourth-order valence-electron chi connectivity index (χ4n) is 2.55. The van der Waals surface area contributed by atoms with Crippen molar-refractivity contribution in [2.45, 2.75) is 57.7 Å². The van der Waals surface area contributed by atoms with Crippen LogP contribution in [0.4, 0.5) is 0 Å². The average molecular weight is 250 g/mol. The molecule has 100 valence electrons. The van der Waals surface area contributed by atoms with Gasteiger partial charge in [-0.15, -0.1) is 0 Å². The van der Waals surface area contributed by atoms with Crippen molar-refractivity contribution in [2.24, 2.45) is 0 Å². The zero-order valence-electron chi connectivity index (χ0n) is 10.8. The molecular weight excluding hydrogens is 228 g/mol. The van der Waals surface area contributed by atoms with Gasteiger partial charge in [-0.2, -0.15) is 0 Å². The third-order valence-electron chi connectivity index (χ3n) is 3.54. The summed E-state index contributed by atoms with van der Waals surface area (Å²) in [6.45, 7) is 0.369. The molecule has 4 heteroatoms. The van der Waals surface area contributed by atoms with Crippen LogP contribution in [0, 0.1) is 0 Å². The molecule has 1 aliphatic rings. The molecule has 1 aromatic rings. The van der Waals surface area contributed by atoms with E-state index in [0.29, 0.717) is 12.6 Å². The largest absolute Gasteiger partial charge is 0.392 e. The Labute approximate surface area is 108 Å². The molecule has 2 N–H and O–H groups in total. The maximum atomic E-state index is 11.9. The van der Waals surface area contributed by atoms with Gasteiger partial charge >= 0.3 is 0 Å². The Morgan fingerprint density at radius 3 is 2.67 bits per heavy atom. The monoisotopic (exact) mass is 250 g/mol. The van der Waals surface area contributed by atoms with Crippen LogP contribution in [0.5, 0.6) is 0 Å². The van der Waals surface area contributed by atoms with E-state index in [1.807, 2.05) is 23.0 Å². The summed E-state index contributed by atoms with van der Waals surface area (Å²) in [5, 5.41) is 12.1. The quantitative estimate of drug-likeness (QED) is 0.801. The van der Waals surface area contributed by atoms with Crippen molar-refractivity contribution in [2.75, 3.05) is 0 Å². The molecule has 1 fully saturated rings. The van der Waals surface area contributed by atoms with Crippen molar-refractivity contribution < 1.29 is 9.90 Å². The normalized spacial score (nSPS) is 17.4. The number of amides is 1. The molecule has 1 heterocycles. The third-order valence-corrected chi connectivity index (χ3v) is 3.54. The minimum atomic E-state index is 0.0250. The minimum absolute atomic E-state index is 0.0250. The first kappa shape index (κ1) is 13.1. The van der Waals surface area contributed by atoms with E-state index in [1.54, 1.807) is 0 Å². The van der Waals surface area contributed by atoms with E-state index in [1.165, 1.54) is 25.7 Å². The number of nitrogens with one attached hydrogen (secondary N) is 1. The highest BCUT2D eigenvalue weighted by Crippen LogP contribution is 2.17. The fraction of sp³-hybridized carbons (Fsp3) is 0.643. The van der Waals surface area contributed by atoms with E-state index >= 15 is 0 Å². The molecular formula is C14H22N2O2. The number of aliphatic hydroxyl groups excluding tert-OH is 1. The van der Waals surface area contributed by atoms with Crippen molar-refractivity contribution in [1.82, 2.24) is 9.88 Å². The van der Waals surface area contributed by atoms with Gasteiger partial charge in [0.25, 0.3) is 0 Å². The van der Waals surface area contributed by atoms with Crippen molar-refractivity contribution in [1.29, 1.82) is 0 Å². The molecule has 1 aromatic heterocycles. The van der Waals surface area contributed by atoms with Gasteiger partial charge in [-0.25, -0.2) is 0 Å². The number of aliphatic hydroxyl groups is 1. The Hall–Kier alpha value is -1.29. The second-order valence-electron chi connectivity index (χ2n) is 5.11. The molecule has 2 rings (SSSR count). The summed E-state index contributed by atoms with van der Waals surface area (Å²) in [6, 6.07) is 2.19. The molecule has 0 aliphatic heterocycles. The van der Waals surface area contributed by atoms with Gasteiger partial charge in [0.05, 0.1) is 6.61 Å². The first-order chi connectivity index (χ1) is 8.78. The second-order valence-corrected chi connectivity index (χ2v) is 5.11. The van der Waals surface area contributed by atoms with Crippen LogP contribution in [-0.2, 0) is 17.9 Å². The maximum absolute atomic E-state index is 11.9. The number of hydrogen-bond donors (Lipinski definition) is 2. The van der Waals surface area contributed by atoms with E-state index in [0.717, 1.165) is 18.4 Å². The van der Waals surface area contributed by atoms with Crippen LogP contribution in [0.2, 0.25) is 0 Å². The third kappa shape index (κ3) is 3.88. The van der Waals surface area contributed by atoms with Crippen molar-refractivity contribution in [3.8, 4) is 0 Å². The van der Waals surface area contributed by atoms with Crippen LogP contribution in [0.3, 0.4) is 0 Å². The Kier molecular flexibility index (Phi) is 4.81. The van der Waals surface area contributed by atoms with E-state index in [2.05, 4.69) is 5.32 Å². The van der Waals surface area contributed by atoms with E-state index in [9.17, 15) is 4.79 Å². The number of carbonyl (C=O) groups is 1. The fourth-order valence-corrected chi connectivity index (χ4v) is 2.55. The summed E-state index contributed by atoms with van der Waals surface area (Å²) in [4.78, 5) is 11.9. The molecule has 0 unspecified atom stereocenters. The number of nitrogens with zero attached hydrogens (tertiary/aromatic N) is 1. The standard InChI is InChI=1S/C14H22N2O2/c17-11-12-7-8-16(9-12)10-14(18)15-13-5-3-1-2-4-6-13/h7-9,13,17H,1-6,10-11H2,(H,15,18). The van der Waals surface area contributed by atoms with Crippen molar-refractivity contribution in [3.05, 3.63) is 24.0 Å². The van der Waals surface area contributed by atoms with Crippen LogP contribution in [0.15, 0.2) is 18.5 Å². The lowest BCUT2D eigenvalue weighted by Crippen LogP contribution is -2.36. The molecule has 1 saturated carbocycles. The van der Waals surface area contributed by atoms with Gasteiger partial charge in [-0.3, -0.25) is 4.79 Å². The molecule has 0 saturated heterocycles. The Bertz CT molecular complexity index is 379. The van der Waals surface area contributed by atoms with E-state index < -0.39 is 0 Å². The lowest BCUT2D eigenvalue weighted by atomic mass is 10.1. The molecule has 0 atom stereocenters.